The molecule has 2 N–H and O–H groups in total. The summed E-state index contributed by atoms with van der Waals surface area (Å²) >= 11 is 0. The summed E-state index contributed by atoms with van der Waals surface area (Å²) in [6, 6.07) is 9.12. The lowest BCUT2D eigenvalue weighted by Crippen LogP contribution is -2.48. The summed E-state index contributed by atoms with van der Waals surface area (Å²) in [5.74, 6) is -0.807. The fraction of sp³-hybridized carbons (Fsp3) is 0.462. The molecule has 1 unspecified atom stereocenters. The van der Waals surface area contributed by atoms with E-state index in [0.717, 1.165) is 5.56 Å². The molecule has 0 amide bonds. The van der Waals surface area contributed by atoms with Crippen LogP contribution in [0.25, 0.3) is 0 Å². The van der Waals surface area contributed by atoms with Crippen LogP contribution in [0.2, 0.25) is 0 Å². The van der Waals surface area contributed by atoms with Gasteiger partial charge in [-0.25, -0.2) is 0 Å². The largest absolute Gasteiger partial charge is 0.480 e. The molecular formula is C13H19NO2. The molecule has 1 atom stereocenters. The van der Waals surface area contributed by atoms with Crippen molar-refractivity contribution in [2.24, 2.45) is 0 Å². The maximum Gasteiger partial charge on any atom is 0.321 e. The van der Waals surface area contributed by atoms with Crippen molar-refractivity contribution in [3.8, 4) is 0 Å². The van der Waals surface area contributed by atoms with Crippen LogP contribution in [0.4, 0.5) is 0 Å². The van der Waals surface area contributed by atoms with Crippen LogP contribution in [0, 0.1) is 0 Å². The van der Waals surface area contributed by atoms with E-state index in [0.29, 0.717) is 6.42 Å². The predicted octanol–water partition coefficient (Wildman–Crippen LogP) is 2.07. The monoisotopic (exact) mass is 221 g/mol. The van der Waals surface area contributed by atoms with Crippen LogP contribution in [0.3, 0.4) is 0 Å². The zero-order valence-corrected chi connectivity index (χ0v) is 10.0. The summed E-state index contributed by atoms with van der Waals surface area (Å²) in [5, 5.41) is 12.2. The topological polar surface area (TPSA) is 49.3 Å². The van der Waals surface area contributed by atoms with E-state index in [1.165, 1.54) is 0 Å². The number of benzene rings is 1. The quantitative estimate of drug-likeness (QED) is 0.818. The molecule has 0 saturated carbocycles. The molecule has 88 valence electrons. The zero-order valence-electron chi connectivity index (χ0n) is 10.0. The summed E-state index contributed by atoms with van der Waals surface area (Å²) in [5.41, 5.74) is 0.837. The van der Waals surface area contributed by atoms with Crippen LogP contribution in [0.1, 0.15) is 26.3 Å². The van der Waals surface area contributed by atoms with E-state index in [-0.39, 0.29) is 5.54 Å². The molecule has 0 bridgehead atoms. The van der Waals surface area contributed by atoms with E-state index in [1.807, 2.05) is 51.1 Å². The van der Waals surface area contributed by atoms with E-state index < -0.39 is 12.0 Å². The minimum atomic E-state index is -0.807. The number of nitrogens with one attached hydrogen (secondary N) is 1. The second-order valence-corrected chi connectivity index (χ2v) is 4.97. The van der Waals surface area contributed by atoms with Crippen LogP contribution in [0.5, 0.6) is 0 Å². The van der Waals surface area contributed by atoms with Gasteiger partial charge in [0.2, 0.25) is 0 Å². The van der Waals surface area contributed by atoms with Gasteiger partial charge in [0.1, 0.15) is 6.04 Å². The van der Waals surface area contributed by atoms with Crippen molar-refractivity contribution < 1.29 is 9.90 Å². The summed E-state index contributed by atoms with van der Waals surface area (Å²) in [7, 11) is 0. The molecule has 0 spiro atoms. The van der Waals surface area contributed by atoms with E-state index in [2.05, 4.69) is 5.32 Å². The van der Waals surface area contributed by atoms with Gasteiger partial charge in [-0.1, -0.05) is 30.3 Å². The lowest BCUT2D eigenvalue weighted by Gasteiger charge is -2.26. The molecule has 1 rings (SSSR count). The van der Waals surface area contributed by atoms with Gasteiger partial charge in [0.25, 0.3) is 0 Å². The lowest BCUT2D eigenvalue weighted by molar-refractivity contribution is -0.140. The number of carboxylic acid groups (broad SMARTS) is 1. The fourth-order valence-electron chi connectivity index (χ4n) is 1.57. The van der Waals surface area contributed by atoms with Crippen molar-refractivity contribution in [3.05, 3.63) is 35.9 Å². The number of carbonyl (C=O) groups is 1. The third-order valence-corrected chi connectivity index (χ3v) is 2.19. The van der Waals surface area contributed by atoms with Gasteiger partial charge in [0, 0.05) is 5.54 Å². The average molecular weight is 221 g/mol. The van der Waals surface area contributed by atoms with E-state index in [1.54, 1.807) is 0 Å². The van der Waals surface area contributed by atoms with Crippen molar-refractivity contribution in [3.63, 3.8) is 0 Å². The molecule has 0 aliphatic heterocycles. The Labute approximate surface area is 96.5 Å². The minimum Gasteiger partial charge on any atom is -0.480 e. The smallest absolute Gasteiger partial charge is 0.321 e. The zero-order chi connectivity index (χ0) is 12.2. The number of hydrogen-bond acceptors (Lipinski definition) is 2. The molecule has 1 aromatic rings. The van der Waals surface area contributed by atoms with Crippen molar-refractivity contribution in [2.45, 2.75) is 38.8 Å². The lowest BCUT2D eigenvalue weighted by atomic mass is 10.0. The highest BCUT2D eigenvalue weighted by atomic mass is 16.4. The van der Waals surface area contributed by atoms with Gasteiger partial charge in [0.05, 0.1) is 0 Å². The van der Waals surface area contributed by atoms with Crippen LogP contribution in [0.15, 0.2) is 30.3 Å². The Morgan fingerprint density at radius 3 is 2.31 bits per heavy atom. The van der Waals surface area contributed by atoms with Crippen LogP contribution < -0.4 is 5.32 Å². The first-order valence-corrected chi connectivity index (χ1v) is 5.43. The first-order valence-electron chi connectivity index (χ1n) is 5.43. The third-order valence-electron chi connectivity index (χ3n) is 2.19. The Kier molecular flexibility index (Phi) is 4.07. The maximum absolute atomic E-state index is 11.1. The highest BCUT2D eigenvalue weighted by molar-refractivity contribution is 5.74. The average Bonchev–Trinajstić information content (AvgIpc) is 2.16. The summed E-state index contributed by atoms with van der Waals surface area (Å²) < 4.78 is 0. The standard InChI is InChI=1S/C13H19NO2/c1-13(2,3)14-11(12(15)16)9-10-7-5-4-6-8-10/h4-8,11,14H,9H2,1-3H3,(H,15,16). The van der Waals surface area contributed by atoms with Crippen molar-refractivity contribution in [1.82, 2.24) is 5.32 Å². The van der Waals surface area contributed by atoms with Crippen molar-refractivity contribution in [1.29, 1.82) is 0 Å². The molecule has 0 aliphatic carbocycles. The molecule has 1 aromatic carbocycles. The molecule has 3 nitrogen and oxygen atoms in total. The summed E-state index contributed by atoms with van der Waals surface area (Å²) in [6.45, 7) is 5.90. The maximum atomic E-state index is 11.1. The highest BCUT2D eigenvalue weighted by Gasteiger charge is 2.23. The number of hydrogen-bond donors (Lipinski definition) is 2. The Bertz CT molecular complexity index is 341. The number of aliphatic carboxylic acids is 1. The second-order valence-electron chi connectivity index (χ2n) is 4.97. The molecule has 3 heteroatoms. The van der Waals surface area contributed by atoms with E-state index in [4.69, 9.17) is 5.11 Å². The van der Waals surface area contributed by atoms with Crippen molar-refractivity contribution >= 4 is 5.97 Å². The summed E-state index contributed by atoms with van der Waals surface area (Å²) in [6.07, 6.45) is 0.507. The normalized spacial score (nSPS) is 13.4. The Morgan fingerprint density at radius 2 is 1.88 bits per heavy atom. The minimum absolute atomic E-state index is 0.197. The van der Waals surface area contributed by atoms with Gasteiger partial charge in [-0.05, 0) is 32.8 Å². The molecule has 0 aromatic heterocycles. The van der Waals surface area contributed by atoms with Gasteiger partial charge in [-0.3, -0.25) is 10.1 Å². The third kappa shape index (κ3) is 4.45. The van der Waals surface area contributed by atoms with Crippen LogP contribution >= 0.6 is 0 Å². The number of carboxylic acids is 1. The van der Waals surface area contributed by atoms with Gasteiger partial charge in [-0.15, -0.1) is 0 Å². The van der Waals surface area contributed by atoms with Gasteiger partial charge < -0.3 is 5.11 Å². The molecule has 16 heavy (non-hydrogen) atoms. The summed E-state index contributed by atoms with van der Waals surface area (Å²) in [4.78, 5) is 11.1. The molecule has 0 fully saturated rings. The fourth-order valence-corrected chi connectivity index (χ4v) is 1.57. The molecule has 0 aliphatic rings. The number of rotatable bonds is 4. The second kappa shape index (κ2) is 5.12. The van der Waals surface area contributed by atoms with E-state index >= 15 is 0 Å². The first-order chi connectivity index (χ1) is 7.38. The van der Waals surface area contributed by atoms with Gasteiger partial charge in [-0.2, -0.15) is 0 Å². The van der Waals surface area contributed by atoms with Crippen LogP contribution in [-0.2, 0) is 11.2 Å². The highest BCUT2D eigenvalue weighted by Crippen LogP contribution is 2.08. The SMILES string of the molecule is CC(C)(C)NC(Cc1ccccc1)C(=O)O. The Hall–Kier alpha value is -1.35. The van der Waals surface area contributed by atoms with Gasteiger partial charge in [0.15, 0.2) is 0 Å². The molecule has 0 heterocycles. The van der Waals surface area contributed by atoms with Crippen molar-refractivity contribution in [2.75, 3.05) is 0 Å². The molecule has 0 radical (unpaired) electrons. The van der Waals surface area contributed by atoms with Crippen LogP contribution in [-0.4, -0.2) is 22.7 Å². The first kappa shape index (κ1) is 12.7. The molecule has 0 saturated heterocycles. The predicted molar refractivity (Wildman–Crippen MR) is 64.5 cm³/mol. The Morgan fingerprint density at radius 1 is 1.31 bits per heavy atom. The molecular weight excluding hydrogens is 202 g/mol. The van der Waals surface area contributed by atoms with Gasteiger partial charge >= 0.3 is 5.97 Å². The van der Waals surface area contributed by atoms with E-state index in [9.17, 15) is 4.79 Å². The Balaban J connectivity index is 2.70.